The number of para-hydroxylation sites is 2. The van der Waals surface area contributed by atoms with Crippen LogP contribution >= 0.6 is 23.2 Å². The lowest BCUT2D eigenvalue weighted by Crippen LogP contribution is -2.16. The van der Waals surface area contributed by atoms with E-state index in [-0.39, 0.29) is 32.3 Å². The highest BCUT2D eigenvalue weighted by Crippen LogP contribution is 2.30. The monoisotopic (exact) mass is 460 g/mol. The molecular weight excluding hydrogens is 447 g/mol. The number of nitrogens with one attached hydrogen (secondary N) is 2. The molecule has 7 nitrogen and oxygen atoms in total. The molecule has 0 aliphatic heterocycles. The van der Waals surface area contributed by atoms with Crippen molar-refractivity contribution in [3.63, 3.8) is 0 Å². The van der Waals surface area contributed by atoms with Crippen LogP contribution in [0.5, 0.6) is 5.75 Å². The van der Waals surface area contributed by atoms with Gasteiger partial charge < -0.3 is 10.4 Å². The zero-order chi connectivity index (χ0) is 21.3. The first kappa shape index (κ1) is 20.2. The second-order valence-corrected chi connectivity index (χ2v) is 8.76. The maximum Gasteiger partial charge on any atom is 0.264 e. The molecule has 3 N–H and O–H groups in total. The summed E-state index contributed by atoms with van der Waals surface area (Å²) in [5, 5.41) is 12.9. The van der Waals surface area contributed by atoms with Crippen LogP contribution in [0.15, 0.2) is 71.6 Å². The zero-order valence-corrected chi connectivity index (χ0v) is 17.5. The molecule has 0 saturated carbocycles. The first-order valence-electron chi connectivity index (χ1n) is 8.62. The van der Waals surface area contributed by atoms with Crippen LogP contribution in [0.1, 0.15) is 0 Å². The van der Waals surface area contributed by atoms with Gasteiger partial charge in [-0.1, -0.05) is 41.4 Å². The minimum atomic E-state index is -4.12. The van der Waals surface area contributed by atoms with Crippen LogP contribution in [0.25, 0.3) is 11.0 Å². The zero-order valence-electron chi connectivity index (χ0n) is 15.2. The number of rotatable bonds is 5. The van der Waals surface area contributed by atoms with E-state index in [1.54, 1.807) is 36.4 Å². The van der Waals surface area contributed by atoms with E-state index in [1.165, 1.54) is 30.3 Å². The molecule has 1 aromatic heterocycles. The average Bonchev–Trinajstić information content (AvgIpc) is 2.70. The largest absolute Gasteiger partial charge is 0.508 e. The molecule has 30 heavy (non-hydrogen) atoms. The van der Waals surface area contributed by atoms with Crippen molar-refractivity contribution >= 4 is 61.6 Å². The van der Waals surface area contributed by atoms with Gasteiger partial charge in [-0.3, -0.25) is 4.72 Å². The molecule has 0 bridgehead atoms. The topological polar surface area (TPSA) is 104 Å². The van der Waals surface area contributed by atoms with Crippen LogP contribution in [0.3, 0.4) is 0 Å². The second-order valence-electron chi connectivity index (χ2n) is 6.27. The van der Waals surface area contributed by atoms with E-state index in [9.17, 15) is 13.5 Å². The molecule has 10 heteroatoms. The third-order valence-corrected chi connectivity index (χ3v) is 6.15. The third-order valence-electron chi connectivity index (χ3n) is 4.09. The summed E-state index contributed by atoms with van der Waals surface area (Å²) in [4.78, 5) is 8.69. The Morgan fingerprint density at radius 2 is 1.53 bits per heavy atom. The molecule has 0 aliphatic rings. The highest BCUT2D eigenvalue weighted by Gasteiger charge is 2.22. The summed E-state index contributed by atoms with van der Waals surface area (Å²) in [5.74, 6) is 0.163. The maximum atomic E-state index is 13.0. The van der Waals surface area contributed by atoms with Crippen molar-refractivity contribution in [2.24, 2.45) is 0 Å². The molecule has 0 radical (unpaired) electrons. The Morgan fingerprint density at radius 3 is 2.23 bits per heavy atom. The predicted octanol–water partition coefficient (Wildman–Crippen LogP) is 5.19. The van der Waals surface area contributed by atoms with Gasteiger partial charge in [-0.2, -0.15) is 0 Å². The van der Waals surface area contributed by atoms with E-state index < -0.39 is 10.0 Å². The lowest BCUT2D eigenvalue weighted by Gasteiger charge is -2.14. The summed E-state index contributed by atoms with van der Waals surface area (Å²) in [6.45, 7) is 0. The summed E-state index contributed by atoms with van der Waals surface area (Å²) < 4.78 is 28.4. The highest BCUT2D eigenvalue weighted by atomic mass is 35.5. The fourth-order valence-electron chi connectivity index (χ4n) is 2.74. The van der Waals surface area contributed by atoms with E-state index in [2.05, 4.69) is 20.0 Å². The number of halogens is 2. The average molecular weight is 461 g/mol. The van der Waals surface area contributed by atoms with Crippen molar-refractivity contribution in [2.45, 2.75) is 4.90 Å². The lowest BCUT2D eigenvalue weighted by molar-refractivity contribution is 0.475. The van der Waals surface area contributed by atoms with Gasteiger partial charge in [0.2, 0.25) is 0 Å². The van der Waals surface area contributed by atoms with Gasteiger partial charge in [-0.25, -0.2) is 18.4 Å². The van der Waals surface area contributed by atoms with Crippen LogP contribution in [0.4, 0.5) is 17.3 Å². The van der Waals surface area contributed by atoms with Crippen molar-refractivity contribution in [1.82, 2.24) is 9.97 Å². The van der Waals surface area contributed by atoms with Crippen LogP contribution in [0, 0.1) is 0 Å². The summed E-state index contributed by atoms with van der Waals surface area (Å²) in [6.07, 6.45) is 0. The molecule has 4 aromatic rings. The normalized spacial score (nSPS) is 11.4. The summed E-state index contributed by atoms with van der Waals surface area (Å²) >= 11 is 12.0. The predicted molar refractivity (Wildman–Crippen MR) is 118 cm³/mol. The van der Waals surface area contributed by atoms with Crippen LogP contribution in [-0.2, 0) is 10.0 Å². The first-order chi connectivity index (χ1) is 14.3. The van der Waals surface area contributed by atoms with Crippen LogP contribution < -0.4 is 10.0 Å². The maximum absolute atomic E-state index is 13.0. The van der Waals surface area contributed by atoms with Crippen molar-refractivity contribution in [2.75, 3.05) is 10.0 Å². The molecule has 0 fully saturated rings. The minimum absolute atomic E-state index is 0.0168. The summed E-state index contributed by atoms with van der Waals surface area (Å²) in [7, 11) is -4.12. The molecule has 3 aromatic carbocycles. The standard InChI is InChI=1S/C20H14Cl2N4O3S/c21-12-8-9-15(22)18(10-12)30(28,29)26-20-19(23-13-4-3-5-14(27)11-13)24-16-6-1-2-7-17(16)25-20/h1-11,27H,(H,23,24)(H,25,26). The molecule has 0 spiro atoms. The molecule has 0 amide bonds. The Labute approximate surface area is 182 Å². The van der Waals surface area contributed by atoms with Gasteiger partial charge in [0, 0.05) is 16.8 Å². The summed E-state index contributed by atoms with van der Waals surface area (Å²) in [5.41, 5.74) is 1.55. The van der Waals surface area contributed by atoms with Gasteiger partial charge in [0.25, 0.3) is 10.0 Å². The van der Waals surface area contributed by atoms with Gasteiger partial charge >= 0.3 is 0 Å². The number of fused-ring (bicyclic) bond motifs is 1. The van der Waals surface area contributed by atoms with Crippen molar-refractivity contribution in [3.8, 4) is 5.75 Å². The Bertz CT molecular complexity index is 1360. The van der Waals surface area contributed by atoms with E-state index in [1.807, 2.05) is 0 Å². The number of hydrogen-bond donors (Lipinski definition) is 3. The third kappa shape index (κ3) is 4.25. The van der Waals surface area contributed by atoms with E-state index in [0.29, 0.717) is 16.7 Å². The van der Waals surface area contributed by atoms with Gasteiger partial charge in [-0.05, 0) is 42.5 Å². The fourth-order valence-corrected chi connectivity index (χ4v) is 4.52. The number of aromatic nitrogens is 2. The van der Waals surface area contributed by atoms with E-state index >= 15 is 0 Å². The smallest absolute Gasteiger partial charge is 0.264 e. The molecule has 4 rings (SSSR count). The number of aromatic hydroxyl groups is 1. The Kier molecular flexibility index (Phi) is 5.38. The van der Waals surface area contributed by atoms with Crippen molar-refractivity contribution in [1.29, 1.82) is 0 Å². The van der Waals surface area contributed by atoms with E-state index in [4.69, 9.17) is 23.2 Å². The quantitative estimate of drug-likeness (QED) is 0.378. The van der Waals surface area contributed by atoms with Gasteiger partial charge in [0.1, 0.15) is 10.6 Å². The van der Waals surface area contributed by atoms with Crippen molar-refractivity contribution in [3.05, 3.63) is 76.8 Å². The number of phenols is 1. The van der Waals surface area contributed by atoms with Gasteiger partial charge in [0.05, 0.1) is 16.1 Å². The number of nitrogens with zero attached hydrogens (tertiary/aromatic N) is 2. The molecular formula is C20H14Cl2N4O3S. The first-order valence-corrected chi connectivity index (χ1v) is 10.9. The number of benzene rings is 3. The van der Waals surface area contributed by atoms with Crippen LogP contribution in [0.2, 0.25) is 10.0 Å². The molecule has 0 unspecified atom stereocenters. The second kappa shape index (κ2) is 7.98. The lowest BCUT2D eigenvalue weighted by atomic mass is 10.3. The van der Waals surface area contributed by atoms with Gasteiger partial charge in [-0.15, -0.1) is 0 Å². The highest BCUT2D eigenvalue weighted by molar-refractivity contribution is 7.92. The number of sulfonamides is 1. The molecule has 0 atom stereocenters. The Morgan fingerprint density at radius 1 is 0.833 bits per heavy atom. The van der Waals surface area contributed by atoms with Gasteiger partial charge in [0.15, 0.2) is 11.6 Å². The van der Waals surface area contributed by atoms with E-state index in [0.717, 1.165) is 0 Å². The molecule has 1 heterocycles. The molecule has 0 aliphatic carbocycles. The van der Waals surface area contributed by atoms with Crippen LogP contribution in [-0.4, -0.2) is 23.5 Å². The Hall–Kier alpha value is -3.07. The number of hydrogen-bond acceptors (Lipinski definition) is 6. The molecule has 152 valence electrons. The Balaban J connectivity index is 1.81. The molecule has 0 saturated heterocycles. The fraction of sp³-hybridized carbons (Fsp3) is 0. The van der Waals surface area contributed by atoms with Crippen molar-refractivity contribution < 1.29 is 13.5 Å². The number of phenolic OH excluding ortho intramolecular Hbond substituents is 1. The minimum Gasteiger partial charge on any atom is -0.508 e. The SMILES string of the molecule is O=S(=O)(Nc1nc2ccccc2nc1Nc1cccc(O)c1)c1cc(Cl)ccc1Cl. The summed E-state index contributed by atoms with van der Waals surface area (Å²) in [6, 6.07) is 17.5. The number of anilines is 3.